The molecule has 0 aliphatic carbocycles. The Balaban J connectivity index is 1.84. The van der Waals surface area contributed by atoms with Crippen molar-refractivity contribution in [3.63, 3.8) is 0 Å². The third-order valence-corrected chi connectivity index (χ3v) is 14.4. The topological polar surface area (TPSA) is 289 Å². The third-order valence-electron chi connectivity index (χ3n) is 11.9. The van der Waals surface area contributed by atoms with E-state index in [0.717, 1.165) is 27.2 Å². The molecule has 5 amide bonds. The van der Waals surface area contributed by atoms with E-state index in [4.69, 9.17) is 11.5 Å². The van der Waals surface area contributed by atoms with Crippen LogP contribution in [0.4, 0.5) is 0 Å². The zero-order chi connectivity index (χ0) is 50.6. The number of rotatable bonds is 18. The van der Waals surface area contributed by atoms with Gasteiger partial charge in [0.05, 0.1) is 23.9 Å². The summed E-state index contributed by atoms with van der Waals surface area (Å²) >= 11 is 0. The molecular weight excluding hydrogens is 923 g/mol. The molecule has 0 unspecified atom stereocenters. The summed E-state index contributed by atoms with van der Waals surface area (Å²) in [7, 11) is 2.24. The van der Waals surface area contributed by atoms with Crippen LogP contribution in [0.1, 0.15) is 75.1 Å². The molecule has 374 valence electrons. The SMILES string of the molecule is Cc1ccc(C[C@@H]2NC(=O)[C@H](Cc3ccccc3)NC(=O)[C@@H](CC(=O)[C@H](C)N)CSSC[C@@H](C(=O)C[C@H](C(=O)O)C(C)C)NC(=O)[C@H](Cc3ccc(O)cc3)NC(=O)[C@H](CCCCN)NC2=O)cc1. The van der Waals surface area contributed by atoms with Crippen molar-refractivity contribution in [2.45, 2.75) is 115 Å². The number of aromatic hydroxyl groups is 1. The van der Waals surface area contributed by atoms with Crippen molar-refractivity contribution >= 4 is 68.7 Å². The number of benzene rings is 3. The van der Waals surface area contributed by atoms with Gasteiger partial charge in [0.25, 0.3) is 0 Å². The maximum absolute atomic E-state index is 14.6. The number of Topliss-reactive ketones (excluding diaryl/α,β-unsaturated/α-hetero) is 2. The molecule has 0 radical (unpaired) electrons. The normalized spacial score (nSPS) is 22.2. The average molecular weight is 990 g/mol. The number of aryl methyl sites for hydroxylation is 1. The lowest BCUT2D eigenvalue weighted by atomic mass is 9.89. The van der Waals surface area contributed by atoms with E-state index in [0.29, 0.717) is 36.1 Å². The molecule has 1 heterocycles. The van der Waals surface area contributed by atoms with Gasteiger partial charge in [-0.3, -0.25) is 38.4 Å². The highest BCUT2D eigenvalue weighted by Crippen LogP contribution is 2.28. The number of carboxylic acids is 1. The van der Waals surface area contributed by atoms with Gasteiger partial charge >= 0.3 is 5.97 Å². The summed E-state index contributed by atoms with van der Waals surface area (Å²) < 4.78 is 0. The standard InChI is InChI=1S/C50H67N7O10S2/c1-29(2)37(50(66)67)26-44(60)42-28-69-68-27-35(25-43(59)31(4)52)45(61)54-39(22-32-10-6-5-7-11-32)48(64)56-40(23-33-15-13-30(3)14-16-33)47(63)53-38(12-8-9-21-51)46(62)55-41(49(65)57-42)24-34-17-19-36(58)20-18-34/h5-7,10-11,13-20,29,31,35,37-42,58H,8-9,12,21-28,51-52H2,1-4H3,(H,53,63)(H,54,61)(H,55,62)(H,56,64)(H,57,65)(H,66,67)/t31-,35-,37-,38-,39-,40-,41-,42-/m0/s1. The van der Waals surface area contributed by atoms with E-state index < -0.39 is 107 Å². The van der Waals surface area contributed by atoms with Crippen molar-refractivity contribution in [3.8, 4) is 5.75 Å². The van der Waals surface area contributed by atoms with E-state index in [9.17, 15) is 48.6 Å². The monoisotopic (exact) mass is 989 g/mol. The first-order chi connectivity index (χ1) is 32.8. The summed E-state index contributed by atoms with van der Waals surface area (Å²) in [5.41, 5.74) is 14.6. The molecule has 19 heteroatoms. The zero-order valence-electron chi connectivity index (χ0n) is 39.6. The smallest absolute Gasteiger partial charge is 0.307 e. The van der Waals surface area contributed by atoms with Crippen LogP contribution in [0.2, 0.25) is 0 Å². The molecule has 1 aliphatic heterocycles. The Hall–Kier alpha value is -5.76. The molecule has 69 heavy (non-hydrogen) atoms. The Morgan fingerprint density at radius 3 is 1.65 bits per heavy atom. The predicted octanol–water partition coefficient (Wildman–Crippen LogP) is 2.92. The fraction of sp³-hybridized carbons (Fsp3) is 0.480. The van der Waals surface area contributed by atoms with Gasteiger partial charge in [-0.15, -0.1) is 0 Å². The highest BCUT2D eigenvalue weighted by Gasteiger charge is 2.36. The largest absolute Gasteiger partial charge is 0.508 e. The van der Waals surface area contributed by atoms with Gasteiger partial charge < -0.3 is 48.3 Å². The van der Waals surface area contributed by atoms with Crippen LogP contribution in [0.3, 0.4) is 0 Å². The molecule has 17 nitrogen and oxygen atoms in total. The van der Waals surface area contributed by atoms with Crippen LogP contribution in [0.5, 0.6) is 5.75 Å². The maximum Gasteiger partial charge on any atom is 0.307 e. The molecule has 0 aromatic heterocycles. The molecule has 1 aliphatic rings. The van der Waals surface area contributed by atoms with Gasteiger partial charge in [-0.1, -0.05) is 108 Å². The molecule has 0 bridgehead atoms. The van der Waals surface area contributed by atoms with Gasteiger partial charge in [0.15, 0.2) is 5.78 Å². The van der Waals surface area contributed by atoms with Crippen LogP contribution in [-0.4, -0.2) is 112 Å². The zero-order valence-corrected chi connectivity index (χ0v) is 41.2. The molecule has 3 aromatic carbocycles. The predicted molar refractivity (Wildman–Crippen MR) is 267 cm³/mol. The number of ketones is 2. The van der Waals surface area contributed by atoms with E-state index in [1.54, 1.807) is 56.3 Å². The molecule has 1 fully saturated rings. The van der Waals surface area contributed by atoms with Gasteiger partial charge in [-0.05, 0) is 74.4 Å². The highest BCUT2D eigenvalue weighted by atomic mass is 33.1. The van der Waals surface area contributed by atoms with Gasteiger partial charge in [-0.25, -0.2) is 0 Å². The maximum atomic E-state index is 14.6. The summed E-state index contributed by atoms with van der Waals surface area (Å²) in [6.07, 6.45) is 0.144. The quantitative estimate of drug-likeness (QED) is 0.0655. The molecule has 4 rings (SSSR count). The van der Waals surface area contributed by atoms with Crippen LogP contribution >= 0.6 is 21.6 Å². The molecular formula is C50H67N7O10S2. The first kappa shape index (κ1) is 55.8. The van der Waals surface area contributed by atoms with Crippen LogP contribution < -0.4 is 38.1 Å². The first-order valence-corrected chi connectivity index (χ1v) is 25.7. The van der Waals surface area contributed by atoms with Crippen molar-refractivity contribution in [2.75, 3.05) is 18.1 Å². The highest BCUT2D eigenvalue weighted by molar-refractivity contribution is 8.76. The lowest BCUT2D eigenvalue weighted by molar-refractivity contribution is -0.145. The number of phenolic OH excluding ortho intramolecular Hbond substituents is 1. The van der Waals surface area contributed by atoms with Crippen molar-refractivity contribution in [1.82, 2.24) is 26.6 Å². The van der Waals surface area contributed by atoms with Crippen molar-refractivity contribution in [2.24, 2.45) is 29.2 Å². The number of hydrogen-bond donors (Lipinski definition) is 9. The number of nitrogens with two attached hydrogens (primary N) is 2. The Labute approximate surface area is 411 Å². The molecule has 3 aromatic rings. The molecule has 1 saturated heterocycles. The van der Waals surface area contributed by atoms with Crippen molar-refractivity contribution < 1.29 is 48.6 Å². The van der Waals surface area contributed by atoms with E-state index >= 15 is 0 Å². The third kappa shape index (κ3) is 18.6. The number of carboxylic acid groups (broad SMARTS) is 1. The van der Waals surface area contributed by atoms with Gasteiger partial charge in [-0.2, -0.15) is 0 Å². The molecule has 11 N–H and O–H groups in total. The number of nitrogens with one attached hydrogen (secondary N) is 5. The Morgan fingerprint density at radius 1 is 0.652 bits per heavy atom. The lowest BCUT2D eigenvalue weighted by Gasteiger charge is -2.28. The van der Waals surface area contributed by atoms with Gasteiger partial charge in [0.2, 0.25) is 29.5 Å². The number of aliphatic carboxylic acids is 1. The minimum absolute atomic E-state index is 0.00320. The van der Waals surface area contributed by atoms with Crippen molar-refractivity contribution in [1.29, 1.82) is 0 Å². The minimum atomic E-state index is -1.35. The van der Waals surface area contributed by atoms with Crippen LogP contribution in [0.15, 0.2) is 78.9 Å². The first-order valence-electron chi connectivity index (χ1n) is 23.2. The molecule has 0 spiro atoms. The number of carbonyl (C=O) groups is 8. The van der Waals surface area contributed by atoms with Gasteiger partial charge in [0, 0.05) is 43.6 Å². The second kappa shape index (κ2) is 28.0. The second-order valence-corrected chi connectivity index (χ2v) is 20.5. The van der Waals surface area contributed by atoms with Crippen LogP contribution in [-0.2, 0) is 57.6 Å². The van der Waals surface area contributed by atoms with Crippen LogP contribution in [0.25, 0.3) is 0 Å². The summed E-state index contributed by atoms with van der Waals surface area (Å²) in [6, 6.07) is 14.9. The second-order valence-electron chi connectivity index (χ2n) is 17.9. The van der Waals surface area contributed by atoms with E-state index in [2.05, 4.69) is 26.6 Å². The lowest BCUT2D eigenvalue weighted by Crippen LogP contribution is -2.60. The minimum Gasteiger partial charge on any atom is -0.508 e. The van der Waals surface area contributed by atoms with Gasteiger partial charge in [0.1, 0.15) is 35.7 Å². The number of amides is 5. The van der Waals surface area contributed by atoms with E-state index in [-0.39, 0.29) is 49.4 Å². The van der Waals surface area contributed by atoms with E-state index in [1.165, 1.54) is 19.1 Å². The molecule has 0 saturated carbocycles. The number of carbonyl (C=O) groups excluding carboxylic acids is 7. The number of phenols is 1. The fourth-order valence-electron chi connectivity index (χ4n) is 7.53. The Kier molecular flexibility index (Phi) is 22.7. The summed E-state index contributed by atoms with van der Waals surface area (Å²) in [5, 5.41) is 34.0. The summed E-state index contributed by atoms with van der Waals surface area (Å²) in [6.45, 7) is 7.03. The Morgan fingerprint density at radius 2 is 1.13 bits per heavy atom. The number of unbranched alkanes of at least 4 members (excludes halogenated alkanes) is 1. The average Bonchev–Trinajstić information content (AvgIpc) is 3.31. The van der Waals surface area contributed by atoms with Crippen LogP contribution in [0, 0.1) is 24.7 Å². The summed E-state index contributed by atoms with van der Waals surface area (Å²) in [4.78, 5) is 112. The fourth-order valence-corrected chi connectivity index (χ4v) is 10.0. The van der Waals surface area contributed by atoms with Crippen molar-refractivity contribution in [3.05, 3.63) is 101 Å². The molecule has 8 atom stereocenters. The Bertz CT molecular complexity index is 2210. The van der Waals surface area contributed by atoms with E-state index in [1.807, 2.05) is 31.2 Å². The summed E-state index contributed by atoms with van der Waals surface area (Å²) in [5.74, 6) is -8.46. The number of hydrogen-bond acceptors (Lipinski definition) is 13.